The number of anilines is 2. The fraction of sp³-hybridized carbons (Fsp3) is 0.333. The Hall–Kier alpha value is -5.64. The number of aromatic nitrogens is 3. The molecule has 15 nitrogen and oxygen atoms in total. The Balaban J connectivity index is 1.53. The smallest absolute Gasteiger partial charge is 0.317 e. The van der Waals surface area contributed by atoms with Crippen LogP contribution >= 0.6 is 23.2 Å². The Morgan fingerprint density at radius 3 is 2.32 bits per heavy atom. The topological polar surface area (TPSA) is 172 Å². The van der Waals surface area contributed by atoms with E-state index in [0.717, 1.165) is 5.56 Å². The zero-order valence-electron chi connectivity index (χ0n) is 31.8. The van der Waals surface area contributed by atoms with E-state index in [4.69, 9.17) is 37.7 Å². The molecule has 2 aromatic carbocycles. The van der Waals surface area contributed by atoms with Gasteiger partial charge in [-0.05, 0) is 57.3 Å². The van der Waals surface area contributed by atoms with Crippen molar-refractivity contribution < 1.29 is 23.9 Å². The summed E-state index contributed by atoms with van der Waals surface area (Å²) in [5.74, 6) is 0.0776. The second kappa shape index (κ2) is 18.8. The number of fused-ring (bicyclic) bond motifs is 1. The fourth-order valence-corrected chi connectivity index (χ4v) is 6.92. The summed E-state index contributed by atoms with van der Waals surface area (Å²) >= 11 is 13.6. The van der Waals surface area contributed by atoms with Gasteiger partial charge in [-0.1, -0.05) is 48.0 Å². The first kappa shape index (κ1) is 41.5. The van der Waals surface area contributed by atoms with Gasteiger partial charge in [-0.3, -0.25) is 19.0 Å². The van der Waals surface area contributed by atoms with E-state index in [1.54, 1.807) is 41.4 Å². The molecule has 296 valence electrons. The summed E-state index contributed by atoms with van der Waals surface area (Å²) in [6.07, 6.45) is 6.41. The third kappa shape index (κ3) is 9.77. The number of rotatable bonds is 15. The lowest BCUT2D eigenvalue weighted by atomic mass is 10.0. The SMILES string of the molecule is C=CC(=O)NC1CN(C(=O)NCC)CC1Nc1ncc2cc(-c3c(Cl)c(OC)cc(OC)c3Cl)c(=O)n(CCc3ccc(NC(=O)/C=C/CN(C)C)cc3)c2n1. The maximum Gasteiger partial charge on any atom is 0.317 e. The molecule has 1 aliphatic rings. The van der Waals surface area contributed by atoms with Crippen LogP contribution in [0.5, 0.6) is 11.5 Å². The van der Waals surface area contributed by atoms with Gasteiger partial charge < -0.3 is 40.5 Å². The van der Waals surface area contributed by atoms with Crippen molar-refractivity contribution >= 4 is 63.7 Å². The number of pyridine rings is 1. The molecule has 2 unspecified atom stereocenters. The number of nitrogens with one attached hydrogen (secondary N) is 4. The quantitative estimate of drug-likeness (QED) is 0.125. The van der Waals surface area contributed by atoms with E-state index in [-0.39, 0.29) is 76.1 Å². The molecule has 0 radical (unpaired) electrons. The third-order valence-corrected chi connectivity index (χ3v) is 9.77. The van der Waals surface area contributed by atoms with E-state index in [9.17, 15) is 19.2 Å². The van der Waals surface area contributed by atoms with Gasteiger partial charge in [0, 0.05) is 67.7 Å². The first-order valence-electron chi connectivity index (χ1n) is 17.8. The number of nitrogens with zero attached hydrogens (tertiary/aromatic N) is 5. The van der Waals surface area contributed by atoms with Gasteiger partial charge in [0.25, 0.3) is 5.56 Å². The molecule has 17 heteroatoms. The number of benzene rings is 2. The third-order valence-electron chi connectivity index (χ3n) is 9.02. The number of likely N-dealkylation sites (tertiary alicyclic amines) is 1. The minimum atomic E-state index is -0.485. The Bertz CT molecular complexity index is 2160. The van der Waals surface area contributed by atoms with E-state index in [0.29, 0.717) is 36.2 Å². The maximum atomic E-state index is 14.6. The lowest BCUT2D eigenvalue weighted by Gasteiger charge is -2.21. The van der Waals surface area contributed by atoms with Gasteiger partial charge >= 0.3 is 6.03 Å². The zero-order valence-corrected chi connectivity index (χ0v) is 33.3. The molecule has 4 N–H and O–H groups in total. The molecule has 2 atom stereocenters. The number of aryl methyl sites for hydroxylation is 2. The lowest BCUT2D eigenvalue weighted by Crippen LogP contribution is -2.45. The van der Waals surface area contributed by atoms with Crippen molar-refractivity contribution in [1.82, 2.24) is 35.0 Å². The van der Waals surface area contributed by atoms with Crippen LogP contribution < -0.4 is 36.3 Å². The van der Waals surface area contributed by atoms with E-state index in [1.165, 1.54) is 30.9 Å². The number of likely N-dealkylation sites (N-methyl/N-ethyl adjacent to an activating group) is 1. The average molecular weight is 807 g/mol. The molecule has 0 saturated carbocycles. The van der Waals surface area contributed by atoms with Crippen LogP contribution in [0.2, 0.25) is 10.0 Å². The summed E-state index contributed by atoms with van der Waals surface area (Å²) in [7, 11) is 6.73. The fourth-order valence-electron chi connectivity index (χ4n) is 6.22. The molecule has 0 spiro atoms. The largest absolute Gasteiger partial charge is 0.495 e. The van der Waals surface area contributed by atoms with Crippen molar-refractivity contribution in [2.75, 3.05) is 65.1 Å². The number of carbonyl (C=O) groups is 3. The maximum absolute atomic E-state index is 14.6. The number of ether oxygens (including phenoxy) is 2. The number of methoxy groups -OCH3 is 2. The minimum absolute atomic E-state index is 0.125. The van der Waals surface area contributed by atoms with Crippen LogP contribution in [0.4, 0.5) is 16.4 Å². The summed E-state index contributed by atoms with van der Waals surface area (Å²) in [6.45, 7) is 7.12. The van der Waals surface area contributed by atoms with Crippen LogP contribution in [-0.2, 0) is 22.6 Å². The molecule has 1 saturated heterocycles. The number of urea groups is 1. The summed E-state index contributed by atoms with van der Waals surface area (Å²) in [4.78, 5) is 64.9. The molecule has 1 fully saturated rings. The van der Waals surface area contributed by atoms with Gasteiger partial charge in [0.1, 0.15) is 17.1 Å². The van der Waals surface area contributed by atoms with Gasteiger partial charge in [0.05, 0.1) is 41.9 Å². The highest BCUT2D eigenvalue weighted by Crippen LogP contribution is 2.45. The Kier molecular flexibility index (Phi) is 13.9. The van der Waals surface area contributed by atoms with Crippen molar-refractivity contribution in [2.45, 2.75) is 32.0 Å². The van der Waals surface area contributed by atoms with Crippen molar-refractivity contribution in [3.63, 3.8) is 0 Å². The van der Waals surface area contributed by atoms with Crippen LogP contribution in [0.25, 0.3) is 22.2 Å². The standard InChI is InChI=1S/C39H45Cl2N9O6/c1-7-31(51)45-27-21-49(39(54)42-8-2)22-28(27)46-38-43-20-24-18-26(33-34(40)29(55-5)19-30(56-6)35(33)41)37(53)50(36(24)47-38)17-15-23-11-13-25(14-12-23)44-32(52)10-9-16-48(3)4/h7,9-14,18-20,27-28H,1,8,15-17,21-22H2,2-6H3,(H,42,54)(H,44,52)(H,45,51)(H,43,46,47)/b10-9+. The predicted octanol–water partition coefficient (Wildman–Crippen LogP) is 4.58. The van der Waals surface area contributed by atoms with Crippen molar-refractivity contribution in [3.05, 3.63) is 93.4 Å². The highest BCUT2D eigenvalue weighted by atomic mass is 35.5. The second-order valence-corrected chi connectivity index (χ2v) is 13.9. The van der Waals surface area contributed by atoms with Crippen molar-refractivity contribution in [2.24, 2.45) is 0 Å². The summed E-state index contributed by atoms with van der Waals surface area (Å²) in [6, 6.07) is 9.27. The molecule has 3 heterocycles. The van der Waals surface area contributed by atoms with E-state index in [1.807, 2.05) is 38.1 Å². The molecular formula is C39H45Cl2N9O6. The van der Waals surface area contributed by atoms with Gasteiger partial charge in [-0.2, -0.15) is 4.98 Å². The summed E-state index contributed by atoms with van der Waals surface area (Å²) < 4.78 is 12.5. The summed E-state index contributed by atoms with van der Waals surface area (Å²) in [5, 5.41) is 12.5. The molecule has 5 rings (SSSR count). The number of carbonyl (C=O) groups excluding carboxylic acids is 3. The monoisotopic (exact) mass is 805 g/mol. The van der Waals surface area contributed by atoms with Gasteiger partial charge in [-0.15, -0.1) is 0 Å². The molecule has 2 aromatic heterocycles. The average Bonchev–Trinajstić information content (AvgIpc) is 3.57. The summed E-state index contributed by atoms with van der Waals surface area (Å²) in [5.41, 5.74) is 1.79. The van der Waals surface area contributed by atoms with Crippen molar-refractivity contribution in [3.8, 4) is 22.6 Å². The van der Waals surface area contributed by atoms with Crippen molar-refractivity contribution in [1.29, 1.82) is 0 Å². The molecule has 56 heavy (non-hydrogen) atoms. The first-order chi connectivity index (χ1) is 26.9. The number of halogens is 2. The Labute approximate surface area is 334 Å². The predicted molar refractivity (Wildman–Crippen MR) is 219 cm³/mol. The number of amides is 4. The molecule has 4 amide bonds. The molecular weight excluding hydrogens is 761 g/mol. The highest BCUT2D eigenvalue weighted by molar-refractivity contribution is 6.41. The van der Waals surface area contributed by atoms with Gasteiger partial charge in [0.2, 0.25) is 17.8 Å². The minimum Gasteiger partial charge on any atom is -0.495 e. The normalized spacial score (nSPS) is 15.2. The molecule has 0 aliphatic carbocycles. The van der Waals surface area contributed by atoms with Crippen LogP contribution in [0.1, 0.15) is 12.5 Å². The van der Waals surface area contributed by atoms with Crippen LogP contribution in [0.3, 0.4) is 0 Å². The first-order valence-corrected chi connectivity index (χ1v) is 18.6. The van der Waals surface area contributed by atoms with Crippen LogP contribution in [0.15, 0.2) is 72.2 Å². The van der Waals surface area contributed by atoms with Crippen LogP contribution in [-0.4, -0.2) is 109 Å². The lowest BCUT2D eigenvalue weighted by molar-refractivity contribution is -0.117. The molecule has 1 aliphatic heterocycles. The Morgan fingerprint density at radius 2 is 1.70 bits per heavy atom. The number of hydrogen-bond acceptors (Lipinski definition) is 10. The highest BCUT2D eigenvalue weighted by Gasteiger charge is 2.36. The second-order valence-electron chi connectivity index (χ2n) is 13.2. The zero-order chi connectivity index (χ0) is 40.5. The van der Waals surface area contributed by atoms with Gasteiger partial charge in [-0.25, -0.2) is 9.78 Å². The Morgan fingerprint density at radius 1 is 1.02 bits per heavy atom. The van der Waals surface area contributed by atoms with Crippen LogP contribution in [0, 0.1) is 0 Å². The number of hydrogen-bond donors (Lipinski definition) is 4. The molecule has 4 aromatic rings. The molecule has 0 bridgehead atoms. The van der Waals surface area contributed by atoms with Gasteiger partial charge in [0.15, 0.2) is 0 Å². The van der Waals surface area contributed by atoms with E-state index < -0.39 is 17.6 Å². The van der Waals surface area contributed by atoms with E-state index >= 15 is 0 Å². The van der Waals surface area contributed by atoms with E-state index in [2.05, 4.69) is 32.8 Å².